The Labute approximate surface area is 110 Å². The van der Waals surface area contributed by atoms with E-state index in [-0.39, 0.29) is 0 Å². The third-order valence-electron chi connectivity index (χ3n) is 4.12. The van der Waals surface area contributed by atoms with Crippen molar-refractivity contribution >= 4 is 5.78 Å². The summed E-state index contributed by atoms with van der Waals surface area (Å²) in [4.78, 5) is 12.2. The molecule has 1 heterocycles. The van der Waals surface area contributed by atoms with Crippen LogP contribution in [0.3, 0.4) is 0 Å². The number of nitrogens with zero attached hydrogens (tertiary/aromatic N) is 2. The normalized spacial score (nSPS) is 18.8. The highest BCUT2D eigenvalue weighted by atomic mass is 16.1. The van der Waals surface area contributed by atoms with Gasteiger partial charge in [0.2, 0.25) is 0 Å². The van der Waals surface area contributed by atoms with Gasteiger partial charge in [-0.3, -0.25) is 9.48 Å². The van der Waals surface area contributed by atoms with Crippen LogP contribution in [0.1, 0.15) is 64.1 Å². The molecule has 3 heteroatoms. The number of rotatable bonds is 5. The van der Waals surface area contributed by atoms with Gasteiger partial charge in [0.15, 0.2) is 0 Å². The van der Waals surface area contributed by atoms with Gasteiger partial charge in [-0.2, -0.15) is 5.10 Å². The van der Waals surface area contributed by atoms with Crippen LogP contribution in [0.5, 0.6) is 0 Å². The van der Waals surface area contributed by atoms with Gasteiger partial charge in [0.1, 0.15) is 5.78 Å². The Balaban J connectivity index is 1.92. The van der Waals surface area contributed by atoms with Gasteiger partial charge in [-0.15, -0.1) is 0 Å². The summed E-state index contributed by atoms with van der Waals surface area (Å²) in [5.74, 6) is 0.691. The zero-order valence-electron chi connectivity index (χ0n) is 11.6. The average Bonchev–Trinajstić information content (AvgIpc) is 2.87. The molecule has 2 rings (SSSR count). The lowest BCUT2D eigenvalue weighted by Crippen LogP contribution is -2.20. The lowest BCUT2D eigenvalue weighted by Gasteiger charge is -2.19. The number of carbonyl (C=O) groups excluding carboxylic acids is 1. The van der Waals surface area contributed by atoms with Crippen molar-refractivity contribution < 1.29 is 4.79 Å². The number of ketones is 1. The Morgan fingerprint density at radius 2 is 2.17 bits per heavy atom. The molecule has 0 aliphatic heterocycles. The summed E-state index contributed by atoms with van der Waals surface area (Å²) in [7, 11) is 0. The maximum atomic E-state index is 12.2. The Hall–Kier alpha value is -1.12. The summed E-state index contributed by atoms with van der Waals surface area (Å²) in [5, 5.41) is 4.51. The number of aromatic nitrogens is 2. The molecule has 0 saturated heterocycles. The highest BCUT2D eigenvalue weighted by molar-refractivity contribution is 5.82. The summed E-state index contributed by atoms with van der Waals surface area (Å²) in [5.41, 5.74) is 0.936. The minimum Gasteiger partial charge on any atom is -0.299 e. The molecule has 1 aromatic rings. The van der Waals surface area contributed by atoms with E-state index in [1.54, 1.807) is 0 Å². The topological polar surface area (TPSA) is 34.9 Å². The average molecular weight is 248 g/mol. The molecule has 0 radical (unpaired) electrons. The fraction of sp³-hybridized carbons (Fsp3) is 0.733. The van der Waals surface area contributed by atoms with Crippen molar-refractivity contribution in [2.45, 2.75) is 64.8 Å². The SMILES string of the molecule is CCC(C)n1ccc(CC(=O)C2CCCCC2)n1. The molecule has 3 nitrogen and oxygen atoms in total. The third-order valence-corrected chi connectivity index (χ3v) is 4.12. The minimum atomic E-state index is 0.299. The Bertz CT molecular complexity index is 391. The van der Waals surface area contributed by atoms with Crippen LogP contribution < -0.4 is 0 Å². The molecule has 100 valence electrons. The van der Waals surface area contributed by atoms with Crippen molar-refractivity contribution in [1.82, 2.24) is 9.78 Å². The Morgan fingerprint density at radius 3 is 2.83 bits per heavy atom. The second-order valence-electron chi connectivity index (χ2n) is 5.52. The summed E-state index contributed by atoms with van der Waals surface area (Å²) >= 11 is 0. The van der Waals surface area contributed by atoms with E-state index in [1.165, 1.54) is 19.3 Å². The highest BCUT2D eigenvalue weighted by Crippen LogP contribution is 2.25. The van der Waals surface area contributed by atoms with Crippen molar-refractivity contribution in [3.8, 4) is 0 Å². The van der Waals surface area contributed by atoms with Crippen molar-refractivity contribution in [1.29, 1.82) is 0 Å². The highest BCUT2D eigenvalue weighted by Gasteiger charge is 2.21. The number of hydrogen-bond acceptors (Lipinski definition) is 2. The predicted molar refractivity (Wildman–Crippen MR) is 72.5 cm³/mol. The summed E-state index contributed by atoms with van der Waals surface area (Å²) in [6.45, 7) is 4.30. The van der Waals surface area contributed by atoms with Crippen LogP contribution in [-0.4, -0.2) is 15.6 Å². The molecule has 0 spiro atoms. The van der Waals surface area contributed by atoms with Gasteiger partial charge in [-0.25, -0.2) is 0 Å². The molecule has 1 aliphatic carbocycles. The third kappa shape index (κ3) is 3.21. The Morgan fingerprint density at radius 1 is 1.44 bits per heavy atom. The second-order valence-corrected chi connectivity index (χ2v) is 5.52. The van der Waals surface area contributed by atoms with E-state index < -0.39 is 0 Å². The van der Waals surface area contributed by atoms with Gasteiger partial charge < -0.3 is 0 Å². The van der Waals surface area contributed by atoms with Crippen LogP contribution in [0.4, 0.5) is 0 Å². The summed E-state index contributed by atoms with van der Waals surface area (Å²) in [6.07, 6.45) is 9.50. The first-order chi connectivity index (χ1) is 8.70. The number of hydrogen-bond donors (Lipinski definition) is 0. The zero-order valence-corrected chi connectivity index (χ0v) is 11.6. The fourth-order valence-corrected chi connectivity index (χ4v) is 2.65. The largest absolute Gasteiger partial charge is 0.299 e. The van der Waals surface area contributed by atoms with E-state index in [0.29, 0.717) is 24.2 Å². The number of Topliss-reactive ketones (excluding diaryl/α,β-unsaturated/α-hetero) is 1. The molecule has 1 saturated carbocycles. The van der Waals surface area contributed by atoms with Crippen LogP contribution in [0, 0.1) is 5.92 Å². The standard InChI is InChI=1S/C15H24N2O/c1-3-12(2)17-10-9-14(16-17)11-15(18)13-7-5-4-6-8-13/h9-10,12-13H,3-8,11H2,1-2H3. The van der Waals surface area contributed by atoms with E-state index in [2.05, 4.69) is 18.9 Å². The Kier molecular flexibility index (Phi) is 4.56. The van der Waals surface area contributed by atoms with Gasteiger partial charge in [0, 0.05) is 18.2 Å². The lowest BCUT2D eigenvalue weighted by molar-refractivity contribution is -0.123. The molecule has 0 amide bonds. The van der Waals surface area contributed by atoms with Crippen molar-refractivity contribution in [3.05, 3.63) is 18.0 Å². The predicted octanol–water partition coefficient (Wildman–Crippen LogP) is 3.55. The van der Waals surface area contributed by atoms with E-state index in [9.17, 15) is 4.79 Å². The van der Waals surface area contributed by atoms with Gasteiger partial charge in [0.25, 0.3) is 0 Å². The molecule has 0 bridgehead atoms. The van der Waals surface area contributed by atoms with Crippen LogP contribution in [-0.2, 0) is 11.2 Å². The summed E-state index contributed by atoms with van der Waals surface area (Å²) in [6, 6.07) is 2.41. The van der Waals surface area contributed by atoms with Crippen LogP contribution >= 0.6 is 0 Å². The molecule has 1 fully saturated rings. The van der Waals surface area contributed by atoms with Gasteiger partial charge in [-0.05, 0) is 32.3 Å². The smallest absolute Gasteiger partial charge is 0.141 e. The maximum Gasteiger partial charge on any atom is 0.141 e. The summed E-state index contributed by atoms with van der Waals surface area (Å²) < 4.78 is 1.98. The first-order valence-corrected chi connectivity index (χ1v) is 7.27. The molecule has 1 aliphatic rings. The van der Waals surface area contributed by atoms with E-state index in [0.717, 1.165) is 25.0 Å². The number of carbonyl (C=O) groups is 1. The van der Waals surface area contributed by atoms with Crippen LogP contribution in [0.25, 0.3) is 0 Å². The molecule has 0 aromatic carbocycles. The molecule has 1 aromatic heterocycles. The van der Waals surface area contributed by atoms with E-state index in [4.69, 9.17) is 0 Å². The lowest BCUT2D eigenvalue weighted by atomic mass is 9.85. The molecule has 18 heavy (non-hydrogen) atoms. The molecule has 1 unspecified atom stereocenters. The monoisotopic (exact) mass is 248 g/mol. The first kappa shape index (κ1) is 13.3. The molecule has 0 N–H and O–H groups in total. The quantitative estimate of drug-likeness (QED) is 0.798. The zero-order chi connectivity index (χ0) is 13.0. The van der Waals surface area contributed by atoms with Gasteiger partial charge in [-0.1, -0.05) is 26.2 Å². The van der Waals surface area contributed by atoms with Crippen molar-refractivity contribution in [3.63, 3.8) is 0 Å². The van der Waals surface area contributed by atoms with Gasteiger partial charge in [0.05, 0.1) is 12.1 Å². The first-order valence-electron chi connectivity index (χ1n) is 7.27. The minimum absolute atomic E-state index is 0.299. The maximum absolute atomic E-state index is 12.2. The van der Waals surface area contributed by atoms with Crippen molar-refractivity contribution in [2.24, 2.45) is 5.92 Å². The van der Waals surface area contributed by atoms with Gasteiger partial charge >= 0.3 is 0 Å². The second kappa shape index (κ2) is 6.17. The molecular formula is C15H24N2O. The van der Waals surface area contributed by atoms with Crippen LogP contribution in [0.2, 0.25) is 0 Å². The molecule has 1 atom stereocenters. The van der Waals surface area contributed by atoms with E-state index in [1.807, 2.05) is 16.9 Å². The molecular weight excluding hydrogens is 224 g/mol. The van der Waals surface area contributed by atoms with Crippen LogP contribution in [0.15, 0.2) is 12.3 Å². The van der Waals surface area contributed by atoms with Crippen molar-refractivity contribution in [2.75, 3.05) is 0 Å². The fourth-order valence-electron chi connectivity index (χ4n) is 2.65. The van der Waals surface area contributed by atoms with E-state index >= 15 is 0 Å².